The summed E-state index contributed by atoms with van der Waals surface area (Å²) >= 11 is 4.74. The summed E-state index contributed by atoms with van der Waals surface area (Å²) < 4.78 is 44.8. The number of aromatic nitrogens is 2. The molecule has 0 aliphatic carbocycles. The molecule has 0 atom stereocenters. The van der Waals surface area contributed by atoms with Gasteiger partial charge in [0.05, 0.1) is 45.2 Å². The number of nitrogens with two attached hydrogens (primary N) is 2. The average molecular weight is 1750 g/mol. The van der Waals surface area contributed by atoms with Gasteiger partial charge in [-0.2, -0.15) is 8.42 Å². The number of nitro groups is 2. The summed E-state index contributed by atoms with van der Waals surface area (Å²) in [6.07, 6.45) is 7.50. The summed E-state index contributed by atoms with van der Waals surface area (Å²) in [5, 5.41) is 59.3. The first-order chi connectivity index (χ1) is 47.6. The predicted octanol–water partition coefficient (Wildman–Crippen LogP) is 14.7. The van der Waals surface area contributed by atoms with E-state index < -0.39 is 32.3 Å². The van der Waals surface area contributed by atoms with E-state index in [1.807, 2.05) is 100 Å². The molecule has 581 valence electrons. The topological polar surface area (TPSA) is 462 Å². The van der Waals surface area contributed by atoms with Crippen LogP contribution in [0.5, 0.6) is 11.5 Å². The fraction of sp³-hybridized carbons (Fsp3) is 0.347. The number of aliphatic hydroxyl groups excluding tert-OH is 1. The second-order valence-corrected chi connectivity index (χ2v) is 35.0. The van der Waals surface area contributed by atoms with Gasteiger partial charge in [0, 0.05) is 49.3 Å². The zero-order valence-electron chi connectivity index (χ0n) is 59.1. The van der Waals surface area contributed by atoms with Gasteiger partial charge in [-0.25, -0.2) is 14.6 Å². The Morgan fingerprint density at radius 1 is 0.571 bits per heavy atom. The average Bonchev–Trinajstić information content (AvgIpc) is 0.988. The van der Waals surface area contributed by atoms with Gasteiger partial charge in [-0.1, -0.05) is 80.6 Å². The van der Waals surface area contributed by atoms with Gasteiger partial charge in [-0.15, -0.1) is 10.1 Å². The maximum atomic E-state index is 13.0. The molecule has 2 aliphatic rings. The molecule has 0 spiro atoms. The van der Waals surface area contributed by atoms with Crippen LogP contribution in [-0.4, -0.2) is 149 Å². The van der Waals surface area contributed by atoms with Gasteiger partial charge in [0.15, 0.2) is 0 Å². The SMILES string of the molecule is C.C.CO.Cc1ccc(C(=O)O)c(N)c1.Cc1ccc(C(=O)O)c([N+](=O)[O-])c1.Cc1ccc(C)c([N+](=O)[O-])c1.Cc1ccc(C)cc1.Cc1ccc2c(=O)n(-c3ccc(OCCCN4CCCC4)cc3)c(C)nc2c1.Nc1ccc(OCCCN2CCCC2)cc1.O.O=S(=O)(O)O.O=[N+]([O-])O.[CH3-].[I][V][I]. The van der Waals surface area contributed by atoms with Crippen LogP contribution in [0.4, 0.5) is 22.7 Å². The van der Waals surface area contributed by atoms with Crippen LogP contribution in [-0.2, 0) is 19.9 Å². The Hall–Kier alpha value is -8.43. The Morgan fingerprint density at radius 3 is 1.30 bits per heavy atom. The summed E-state index contributed by atoms with van der Waals surface area (Å²) in [6.45, 7) is 23.9. The van der Waals surface area contributed by atoms with Crippen molar-refractivity contribution in [1.82, 2.24) is 19.4 Å². The van der Waals surface area contributed by atoms with Crippen molar-refractivity contribution in [2.75, 3.05) is 71.1 Å². The van der Waals surface area contributed by atoms with Crippen molar-refractivity contribution in [1.29, 1.82) is 0 Å². The van der Waals surface area contributed by atoms with Crippen molar-refractivity contribution in [3.05, 3.63) is 250 Å². The molecule has 1 aromatic heterocycles. The zero-order valence-corrected chi connectivity index (χ0v) is 65.7. The van der Waals surface area contributed by atoms with Gasteiger partial charge < -0.3 is 64.2 Å². The number of ether oxygens (including phenoxy) is 2. The normalized spacial score (nSPS) is 11.3. The molecule has 12 N–H and O–H groups in total. The molecule has 0 radical (unpaired) electrons. The first kappa shape index (κ1) is 103. The van der Waals surface area contributed by atoms with Gasteiger partial charge in [-0.05, 0) is 221 Å². The van der Waals surface area contributed by atoms with Gasteiger partial charge in [-0.3, -0.25) is 38.7 Å². The number of nitrogen functional groups attached to an aromatic ring is 2. The molecule has 2 aliphatic heterocycles. The minimum atomic E-state index is -4.67. The molecule has 0 amide bonds. The number of rotatable bonds is 15. The Balaban J connectivity index is -0.000000581. The molecule has 105 heavy (non-hydrogen) atoms. The number of hydrogen-bond donors (Lipinski definition) is 8. The number of anilines is 2. The number of nitrogens with zero attached hydrogens (tertiary/aromatic N) is 7. The first-order valence-electron chi connectivity index (χ1n) is 31.0. The number of carbonyl (C=O) groups is 2. The van der Waals surface area contributed by atoms with Crippen molar-refractivity contribution in [2.24, 2.45) is 0 Å². The van der Waals surface area contributed by atoms with E-state index in [2.05, 4.69) is 92.9 Å². The van der Waals surface area contributed by atoms with Gasteiger partial charge in [0.1, 0.15) is 22.9 Å². The molecular formula is C72H102I2N9O20SV-. The molecule has 33 heteroatoms. The number of likely N-dealkylation sites (tertiary alicyclic amines) is 2. The standard InChI is InChI=1S/C23H27N3O2.C13H20N2O.C8H7NO4.2C8H9NO2.C8H10.CH4O.2CH4.CH3.2HI.HNO3.H2O4S.H2O.V/c1-17-6-11-21-22(16-17)24-18(2)26(23(21)27)19-7-9-20(10-8-19)28-15-5-14-25-12-3-4-13-25;14-12-4-6-13(7-5-12)16-11-3-10-15-8-1-2-9-15;1-5-2-3-6(8(10)11)7(4-5)9(12)13;1-6-3-4-7(2)8(5-6)9(10)11;1-5-2-3-6(8(10)11)7(9)4-5;1-7-3-5-8(2)6-4-7;1-2;;;;;;2-1(3)4;1-5(2,3)4;;/h6-11,16H,3-5,12-15H2,1-2H3;4-7H,1-3,8-11,14H2;2-4H,1H3,(H,10,11);3-5H,1-2H3;2-4H,9H2,1H3,(H,10,11);3-6H,1-2H3;2H,1H3;2*1H4;1H3;2*1H;(H,2,3,4);(H2,1,2,3,4);1H2;/q;;;;;;;;;-1;;;;;;+2/p-2. The predicted molar refractivity (Wildman–Crippen MR) is 428 cm³/mol. The molecule has 7 aromatic carbocycles. The summed E-state index contributed by atoms with van der Waals surface area (Å²) in [6, 6.07) is 43.6. The number of carboxylic acid groups (broad SMARTS) is 2. The van der Waals surface area contributed by atoms with Gasteiger partial charge in [0.2, 0.25) is 0 Å². The molecule has 8 aromatic rings. The van der Waals surface area contributed by atoms with Crippen LogP contribution in [0.25, 0.3) is 16.6 Å². The summed E-state index contributed by atoms with van der Waals surface area (Å²) in [7, 11) is -3.04. The van der Waals surface area contributed by atoms with E-state index in [0.29, 0.717) is 44.1 Å². The van der Waals surface area contributed by atoms with E-state index in [-0.39, 0.29) is 60.7 Å². The quantitative estimate of drug-likeness (QED) is 0.00898. The number of carboxylic acids is 2. The molecule has 29 nitrogen and oxygen atoms in total. The van der Waals surface area contributed by atoms with E-state index in [9.17, 15) is 34.6 Å². The van der Waals surface area contributed by atoms with Crippen molar-refractivity contribution in [2.45, 2.75) is 109 Å². The molecule has 0 unspecified atom stereocenters. The zero-order chi connectivity index (χ0) is 76.4. The van der Waals surface area contributed by atoms with E-state index >= 15 is 0 Å². The number of aryl methyl sites for hydroxylation is 8. The monoisotopic (exact) mass is 1750 g/mol. The fourth-order valence-electron chi connectivity index (χ4n) is 9.34. The number of halogens is 2. The minimum absolute atomic E-state index is 0. The van der Waals surface area contributed by atoms with Gasteiger partial charge in [0.25, 0.3) is 22.0 Å². The number of aliphatic hydroxyl groups is 1. The number of benzene rings is 7. The summed E-state index contributed by atoms with van der Waals surface area (Å²) in [5.74, 6) is 0.160. The Morgan fingerprint density at radius 2 is 0.914 bits per heavy atom. The van der Waals surface area contributed by atoms with E-state index in [1.165, 1.54) is 87.3 Å². The Kier molecular flexibility index (Phi) is 54.9. The number of fused-ring (bicyclic) bond motifs is 1. The second-order valence-electron chi connectivity index (χ2n) is 22.3. The van der Waals surface area contributed by atoms with E-state index in [0.717, 1.165) is 84.7 Å². The fourth-order valence-corrected chi connectivity index (χ4v) is 9.34. The van der Waals surface area contributed by atoms with Gasteiger partial charge >= 0.3 is 71.8 Å². The van der Waals surface area contributed by atoms with Crippen LogP contribution in [0.3, 0.4) is 0 Å². The van der Waals surface area contributed by atoms with Crippen molar-refractivity contribution < 1.29 is 87.0 Å². The van der Waals surface area contributed by atoms with Crippen LogP contribution < -0.4 is 26.5 Å². The van der Waals surface area contributed by atoms with E-state index in [4.69, 9.17) is 69.1 Å². The molecule has 3 heterocycles. The third kappa shape index (κ3) is 44.2. The molecule has 10 rings (SSSR count). The molecule has 2 saturated heterocycles. The molecule has 0 bridgehead atoms. The first-order valence-corrected chi connectivity index (χ1v) is 41.4. The third-order valence-electron chi connectivity index (χ3n) is 14.1. The van der Waals surface area contributed by atoms with Crippen molar-refractivity contribution in [3.8, 4) is 17.2 Å². The Labute approximate surface area is 644 Å². The number of aromatic carboxylic acids is 2. The van der Waals surface area contributed by atoms with Crippen LogP contribution in [0.1, 0.15) is 119 Å². The van der Waals surface area contributed by atoms with Crippen LogP contribution in [0.2, 0.25) is 0 Å². The molecule has 2 fully saturated rings. The molecule has 0 saturated carbocycles. The van der Waals surface area contributed by atoms with Crippen molar-refractivity contribution in [3.63, 3.8) is 0 Å². The van der Waals surface area contributed by atoms with Crippen LogP contribution >= 0.6 is 40.0 Å². The number of hydrogen-bond acceptors (Lipinski definition) is 19. The summed E-state index contributed by atoms with van der Waals surface area (Å²) in [5.41, 5.74) is 20.4. The molecular weight excluding hydrogens is 1650 g/mol. The number of nitro benzene ring substituents is 2. The van der Waals surface area contributed by atoms with Crippen LogP contribution in [0, 0.1) is 93.2 Å². The third-order valence-corrected chi connectivity index (χ3v) is 14.1. The van der Waals surface area contributed by atoms with E-state index in [1.54, 1.807) is 42.7 Å². The second kappa shape index (κ2) is 56.0. The van der Waals surface area contributed by atoms with Crippen LogP contribution in [0.15, 0.2) is 150 Å². The van der Waals surface area contributed by atoms with Crippen molar-refractivity contribution >= 4 is 95.9 Å². The maximum absolute atomic E-state index is 13.0. The summed E-state index contributed by atoms with van der Waals surface area (Å²) in [4.78, 5) is 71.7. The Bertz CT molecular complexity index is 4010.